The Labute approximate surface area is 412 Å². The van der Waals surface area contributed by atoms with Crippen LogP contribution in [0.4, 0.5) is 34.1 Å². The third-order valence-corrected chi connectivity index (χ3v) is 16.5. The zero-order chi connectivity index (χ0) is 47.9. The molecule has 0 bridgehead atoms. The highest BCUT2D eigenvalue weighted by molar-refractivity contribution is 7.00. The van der Waals surface area contributed by atoms with Crippen LogP contribution in [0.1, 0.15) is 152 Å². The number of anilines is 6. The fourth-order valence-corrected chi connectivity index (χ4v) is 12.5. The van der Waals surface area contributed by atoms with E-state index in [0.717, 1.165) is 25.7 Å². The number of para-hydroxylation sites is 2. The highest BCUT2D eigenvalue weighted by Crippen LogP contribution is 2.49. The normalized spacial score (nSPS) is 15.6. The van der Waals surface area contributed by atoms with E-state index in [1.165, 1.54) is 137 Å². The summed E-state index contributed by atoms with van der Waals surface area (Å²) in [6.07, 6.45) is 9.58. The van der Waals surface area contributed by atoms with Gasteiger partial charge in [-0.25, -0.2) is 0 Å². The number of aryl methyl sites for hydroxylation is 4. The van der Waals surface area contributed by atoms with E-state index >= 15 is 0 Å². The Bertz CT molecular complexity index is 3310. The molecular weight excluding hydrogens is 834 g/mol. The first kappa shape index (κ1) is 44.2. The van der Waals surface area contributed by atoms with Crippen molar-refractivity contribution in [3.63, 3.8) is 0 Å². The van der Waals surface area contributed by atoms with Crippen molar-refractivity contribution >= 4 is 79.0 Å². The van der Waals surface area contributed by atoms with Crippen LogP contribution in [0.15, 0.2) is 121 Å². The third kappa shape index (κ3) is 7.21. The van der Waals surface area contributed by atoms with Gasteiger partial charge in [-0.2, -0.15) is 0 Å². The van der Waals surface area contributed by atoms with E-state index in [1.54, 1.807) is 11.1 Å². The molecule has 2 aliphatic carbocycles. The Balaban J connectivity index is 1.27. The Kier molecular flexibility index (Phi) is 10.1. The third-order valence-electron chi connectivity index (χ3n) is 16.5. The number of aromatic nitrogens is 1. The molecule has 0 radical (unpaired) electrons. The van der Waals surface area contributed by atoms with Crippen molar-refractivity contribution in [2.45, 2.75) is 150 Å². The summed E-state index contributed by atoms with van der Waals surface area (Å²) < 4.78 is 2.56. The van der Waals surface area contributed by atoms with Crippen LogP contribution < -0.4 is 26.2 Å². The molecule has 0 saturated carbocycles. The van der Waals surface area contributed by atoms with Crippen LogP contribution in [-0.2, 0) is 41.9 Å². The Morgan fingerprint density at radius 3 is 1.26 bits per heavy atom. The van der Waals surface area contributed by atoms with Crippen molar-refractivity contribution in [1.29, 1.82) is 0 Å². The summed E-state index contributed by atoms with van der Waals surface area (Å²) >= 11 is 0. The summed E-state index contributed by atoms with van der Waals surface area (Å²) in [6, 6.07) is 49.0. The summed E-state index contributed by atoms with van der Waals surface area (Å²) in [4.78, 5) is 5.46. The number of benzene rings is 7. The SMILES string of the molecule is CC(C)c1cc(N2c3cc4c(cc3B3c5cc6c(cc5N(c5cc(C(C)(C)C)cc(C(C)(C)C)c5)c5cc(-n7c8ccccc8c8ccccc87)cc2c53)CCCC6)CCCC4)cc(C(C)(C)C)c1. The second-order valence-corrected chi connectivity index (χ2v) is 24.6. The highest BCUT2D eigenvalue weighted by atomic mass is 15.2. The molecule has 1 aromatic heterocycles. The molecule has 4 heteroatoms. The van der Waals surface area contributed by atoms with Crippen molar-refractivity contribution in [3.05, 3.63) is 166 Å². The van der Waals surface area contributed by atoms with Gasteiger partial charge < -0.3 is 14.4 Å². The van der Waals surface area contributed by atoms with E-state index in [2.05, 4.69) is 212 Å². The highest BCUT2D eigenvalue weighted by Gasteiger charge is 2.45. The summed E-state index contributed by atoms with van der Waals surface area (Å²) in [5, 5.41) is 2.57. The molecule has 2 aliphatic heterocycles. The van der Waals surface area contributed by atoms with E-state index in [0.29, 0.717) is 5.92 Å². The van der Waals surface area contributed by atoms with Crippen LogP contribution in [0.25, 0.3) is 27.5 Å². The molecule has 0 unspecified atom stereocenters. The first-order valence-electron chi connectivity index (χ1n) is 26.3. The Hall–Kier alpha value is -6.00. The lowest BCUT2D eigenvalue weighted by molar-refractivity contribution is 0.569. The zero-order valence-electron chi connectivity index (χ0n) is 43.2. The van der Waals surface area contributed by atoms with Gasteiger partial charge >= 0.3 is 0 Å². The smallest absolute Gasteiger partial charge is 0.252 e. The maximum atomic E-state index is 2.73. The van der Waals surface area contributed by atoms with Crippen LogP contribution in [0, 0.1) is 0 Å². The lowest BCUT2D eigenvalue weighted by Crippen LogP contribution is -2.61. The predicted octanol–water partition coefficient (Wildman–Crippen LogP) is 15.6. The minimum atomic E-state index is -0.0434. The fraction of sp³-hybridized carbons (Fsp3) is 0.354. The van der Waals surface area contributed by atoms with Gasteiger partial charge in [0.1, 0.15) is 0 Å². The standard InChI is InChI=1S/C65H70BN3/c1-40(2)45-28-46(63(3,4)5)35-49(29-45)68-58-32-43-22-14-12-20-41(43)30-54(58)66-55-31-42-21-13-15-23-44(42)33-59(55)69(50-36-47(64(6,7)8)34-48(37-50)65(9,10)11)61-39-51(38-60(68)62(61)66)67-56-26-18-16-24-52(56)53-25-17-19-27-57(53)67/h16-19,24-40H,12-15,20-23H2,1-11H3. The number of hydrogen-bond acceptors (Lipinski definition) is 2. The molecule has 8 aromatic rings. The average Bonchev–Trinajstić information content (AvgIpc) is 3.66. The van der Waals surface area contributed by atoms with Gasteiger partial charge in [0.25, 0.3) is 6.71 Å². The second kappa shape index (κ2) is 15.8. The van der Waals surface area contributed by atoms with Gasteiger partial charge in [0.2, 0.25) is 0 Å². The molecule has 0 spiro atoms. The molecule has 3 nitrogen and oxygen atoms in total. The van der Waals surface area contributed by atoms with Crippen LogP contribution in [0.2, 0.25) is 0 Å². The summed E-state index contributed by atoms with van der Waals surface area (Å²) in [5.74, 6) is 0.380. The average molecular weight is 904 g/mol. The first-order chi connectivity index (χ1) is 32.9. The van der Waals surface area contributed by atoms with E-state index in [1.807, 2.05) is 0 Å². The van der Waals surface area contributed by atoms with Gasteiger partial charge in [-0.3, -0.25) is 0 Å². The van der Waals surface area contributed by atoms with E-state index in [4.69, 9.17) is 0 Å². The number of nitrogens with zero attached hydrogens (tertiary/aromatic N) is 3. The minimum Gasteiger partial charge on any atom is -0.311 e. The van der Waals surface area contributed by atoms with E-state index in [9.17, 15) is 0 Å². The molecule has 0 saturated heterocycles. The lowest BCUT2D eigenvalue weighted by atomic mass is 9.33. The van der Waals surface area contributed by atoms with Gasteiger partial charge in [0.05, 0.1) is 16.7 Å². The maximum Gasteiger partial charge on any atom is 0.252 e. The van der Waals surface area contributed by atoms with Crippen molar-refractivity contribution in [2.75, 3.05) is 9.80 Å². The van der Waals surface area contributed by atoms with Crippen molar-refractivity contribution < 1.29 is 0 Å². The maximum absolute atomic E-state index is 2.73. The van der Waals surface area contributed by atoms with Gasteiger partial charge in [-0.05, 0) is 195 Å². The molecule has 0 N–H and O–H groups in total. The molecule has 4 aliphatic rings. The van der Waals surface area contributed by atoms with Crippen molar-refractivity contribution in [3.8, 4) is 5.69 Å². The van der Waals surface area contributed by atoms with Crippen LogP contribution in [0.3, 0.4) is 0 Å². The molecule has 69 heavy (non-hydrogen) atoms. The Morgan fingerprint density at radius 2 is 0.826 bits per heavy atom. The van der Waals surface area contributed by atoms with E-state index < -0.39 is 0 Å². The molecule has 7 aromatic carbocycles. The Morgan fingerprint density at radius 1 is 0.420 bits per heavy atom. The van der Waals surface area contributed by atoms with E-state index in [-0.39, 0.29) is 23.0 Å². The monoisotopic (exact) mass is 904 g/mol. The molecule has 12 rings (SSSR count). The number of rotatable bonds is 4. The molecular formula is C65H70BN3. The second-order valence-electron chi connectivity index (χ2n) is 24.6. The number of hydrogen-bond donors (Lipinski definition) is 0. The zero-order valence-corrected chi connectivity index (χ0v) is 43.2. The fourth-order valence-electron chi connectivity index (χ4n) is 12.5. The molecule has 3 heterocycles. The van der Waals surface area contributed by atoms with Crippen molar-refractivity contribution in [2.24, 2.45) is 0 Å². The number of fused-ring (bicyclic) bond motifs is 9. The molecule has 0 fully saturated rings. The quantitative estimate of drug-likeness (QED) is 0.163. The van der Waals surface area contributed by atoms with Crippen LogP contribution in [-0.4, -0.2) is 11.3 Å². The predicted molar refractivity (Wildman–Crippen MR) is 298 cm³/mol. The minimum absolute atomic E-state index is 0.0292. The van der Waals surface area contributed by atoms with Gasteiger partial charge in [0.15, 0.2) is 0 Å². The van der Waals surface area contributed by atoms with Gasteiger partial charge in [0, 0.05) is 44.9 Å². The summed E-state index contributed by atoms with van der Waals surface area (Å²) in [5.41, 5.74) is 27.3. The lowest BCUT2D eigenvalue weighted by Gasteiger charge is -2.46. The van der Waals surface area contributed by atoms with Crippen LogP contribution >= 0.6 is 0 Å². The first-order valence-corrected chi connectivity index (χ1v) is 26.3. The molecule has 0 amide bonds. The van der Waals surface area contributed by atoms with Crippen LogP contribution in [0.5, 0.6) is 0 Å². The van der Waals surface area contributed by atoms with Gasteiger partial charge in [-0.1, -0.05) is 137 Å². The van der Waals surface area contributed by atoms with Crippen molar-refractivity contribution in [1.82, 2.24) is 4.57 Å². The summed E-state index contributed by atoms with van der Waals surface area (Å²) in [6.45, 7) is 26.2. The molecule has 0 atom stereocenters. The summed E-state index contributed by atoms with van der Waals surface area (Å²) in [7, 11) is 0. The largest absolute Gasteiger partial charge is 0.311 e. The van der Waals surface area contributed by atoms with Gasteiger partial charge in [-0.15, -0.1) is 0 Å². The molecule has 348 valence electrons. The topological polar surface area (TPSA) is 11.4 Å².